The van der Waals surface area contributed by atoms with E-state index in [1.165, 1.54) is 6.20 Å². The van der Waals surface area contributed by atoms with Crippen LogP contribution < -0.4 is 0 Å². The maximum Gasteiger partial charge on any atom is 0.342 e. The third kappa shape index (κ3) is 2.18. The lowest BCUT2D eigenvalue weighted by atomic mass is 10.4. The molecule has 0 fully saturated rings. The molecule has 0 atom stereocenters. The first kappa shape index (κ1) is 9.98. The van der Waals surface area contributed by atoms with Gasteiger partial charge in [0, 0.05) is 12.8 Å². The molecule has 72 valence electrons. The molecule has 0 aliphatic carbocycles. The molecule has 5 nitrogen and oxygen atoms in total. The van der Waals surface area contributed by atoms with E-state index in [1.54, 1.807) is 11.5 Å². The van der Waals surface area contributed by atoms with E-state index in [0.717, 1.165) is 0 Å². The van der Waals surface area contributed by atoms with Gasteiger partial charge in [-0.15, -0.1) is 11.6 Å². The third-order valence-electron chi connectivity index (χ3n) is 1.74. The molecule has 1 aromatic heterocycles. The minimum Gasteiger partial charge on any atom is -0.358 e. The van der Waals surface area contributed by atoms with Crippen LogP contribution in [0, 0.1) is 17.0 Å². The zero-order chi connectivity index (χ0) is 9.84. The van der Waals surface area contributed by atoms with Crippen LogP contribution in [0.1, 0.15) is 12.2 Å². The van der Waals surface area contributed by atoms with Gasteiger partial charge < -0.3 is 10.1 Å². The Bertz CT molecular complexity index is 311. The van der Waals surface area contributed by atoms with Crippen LogP contribution >= 0.6 is 11.6 Å². The zero-order valence-electron chi connectivity index (χ0n) is 7.23. The van der Waals surface area contributed by atoms with Crippen LogP contribution in [-0.2, 0) is 6.54 Å². The highest BCUT2D eigenvalue weighted by molar-refractivity contribution is 6.17. The van der Waals surface area contributed by atoms with Crippen LogP contribution in [0.25, 0.3) is 0 Å². The number of aryl methyl sites for hydroxylation is 1. The molecule has 1 rings (SSSR count). The van der Waals surface area contributed by atoms with Crippen molar-refractivity contribution in [1.82, 2.24) is 9.55 Å². The molecule has 0 amide bonds. The smallest absolute Gasteiger partial charge is 0.342 e. The number of nitrogens with zero attached hydrogens (tertiary/aromatic N) is 3. The van der Waals surface area contributed by atoms with Gasteiger partial charge in [0.1, 0.15) is 6.20 Å². The van der Waals surface area contributed by atoms with Crippen molar-refractivity contribution in [3.63, 3.8) is 0 Å². The minimum atomic E-state index is -0.436. The lowest BCUT2D eigenvalue weighted by Gasteiger charge is -2.00. The molecule has 0 spiro atoms. The number of aromatic nitrogens is 2. The first-order chi connectivity index (χ1) is 6.16. The fraction of sp³-hybridized carbons (Fsp3) is 0.571. The van der Waals surface area contributed by atoms with Crippen molar-refractivity contribution in [2.24, 2.45) is 0 Å². The van der Waals surface area contributed by atoms with E-state index in [0.29, 0.717) is 24.7 Å². The summed E-state index contributed by atoms with van der Waals surface area (Å²) in [6.07, 6.45) is 1.98. The zero-order valence-corrected chi connectivity index (χ0v) is 7.99. The van der Waals surface area contributed by atoms with Crippen LogP contribution in [-0.4, -0.2) is 20.4 Å². The molecule has 0 radical (unpaired) electrons. The lowest BCUT2D eigenvalue weighted by molar-refractivity contribution is -0.392. The van der Waals surface area contributed by atoms with Crippen LogP contribution in [0.2, 0.25) is 0 Å². The summed E-state index contributed by atoms with van der Waals surface area (Å²) in [7, 11) is 0. The van der Waals surface area contributed by atoms with Crippen molar-refractivity contribution >= 4 is 17.4 Å². The van der Waals surface area contributed by atoms with E-state index in [4.69, 9.17) is 11.6 Å². The highest BCUT2D eigenvalue weighted by Crippen LogP contribution is 2.13. The molecule has 1 aromatic rings. The van der Waals surface area contributed by atoms with Crippen LogP contribution in [0.3, 0.4) is 0 Å². The maximum atomic E-state index is 10.5. The highest BCUT2D eigenvalue weighted by Gasteiger charge is 2.15. The SMILES string of the molecule is Cc1ncc([N+](=O)[O-])n1CCCCl. The Morgan fingerprint density at radius 1 is 1.77 bits per heavy atom. The Labute approximate surface area is 80.5 Å². The van der Waals surface area contributed by atoms with Gasteiger partial charge in [-0.1, -0.05) is 0 Å². The Hall–Kier alpha value is -1.10. The molecule has 0 aliphatic heterocycles. The summed E-state index contributed by atoms with van der Waals surface area (Å²) < 4.78 is 1.56. The van der Waals surface area contributed by atoms with E-state index in [1.807, 2.05) is 0 Å². The summed E-state index contributed by atoms with van der Waals surface area (Å²) in [5.41, 5.74) is 0. The van der Waals surface area contributed by atoms with Gasteiger partial charge in [0.05, 0.1) is 6.54 Å². The second-order valence-electron chi connectivity index (χ2n) is 2.61. The van der Waals surface area contributed by atoms with Crippen molar-refractivity contribution in [2.75, 3.05) is 5.88 Å². The summed E-state index contributed by atoms with van der Waals surface area (Å²) in [5.74, 6) is 1.17. The number of halogens is 1. The molecule has 0 aromatic carbocycles. The Kier molecular flexibility index (Phi) is 3.25. The Balaban J connectivity index is 2.88. The van der Waals surface area contributed by atoms with Crippen molar-refractivity contribution in [1.29, 1.82) is 0 Å². The summed E-state index contributed by atoms with van der Waals surface area (Å²) in [5, 5.41) is 10.5. The Morgan fingerprint density at radius 3 is 3.00 bits per heavy atom. The van der Waals surface area contributed by atoms with Crippen molar-refractivity contribution in [2.45, 2.75) is 19.9 Å². The van der Waals surface area contributed by atoms with Gasteiger partial charge in [-0.2, -0.15) is 0 Å². The highest BCUT2D eigenvalue weighted by atomic mass is 35.5. The van der Waals surface area contributed by atoms with E-state index in [-0.39, 0.29) is 5.82 Å². The number of hydrogen-bond acceptors (Lipinski definition) is 3. The van der Waals surface area contributed by atoms with Crippen molar-refractivity contribution in [3.05, 3.63) is 22.1 Å². The molecule has 0 bridgehead atoms. The van der Waals surface area contributed by atoms with Gasteiger partial charge in [-0.3, -0.25) is 0 Å². The largest absolute Gasteiger partial charge is 0.358 e. The molecule has 6 heteroatoms. The summed E-state index contributed by atoms with van der Waals surface area (Å²) in [6.45, 7) is 2.28. The normalized spacial score (nSPS) is 10.3. The van der Waals surface area contributed by atoms with Gasteiger partial charge in [0.25, 0.3) is 0 Å². The maximum absolute atomic E-state index is 10.5. The van der Waals surface area contributed by atoms with Crippen LogP contribution in [0.5, 0.6) is 0 Å². The second-order valence-corrected chi connectivity index (χ2v) is 2.99. The first-order valence-corrected chi connectivity index (χ1v) is 4.42. The van der Waals surface area contributed by atoms with Gasteiger partial charge in [-0.25, -0.2) is 9.55 Å². The average Bonchev–Trinajstić information content (AvgIpc) is 2.43. The first-order valence-electron chi connectivity index (χ1n) is 3.89. The molecule has 0 saturated carbocycles. The molecule has 0 aliphatic rings. The minimum absolute atomic E-state index is 0.0302. The van der Waals surface area contributed by atoms with Gasteiger partial charge in [0.2, 0.25) is 0 Å². The standard InChI is InChI=1S/C7H10ClN3O2/c1-6-9-5-7(11(12)13)10(6)4-2-3-8/h5H,2-4H2,1H3. The number of imidazole rings is 1. The number of nitro groups is 1. The third-order valence-corrected chi connectivity index (χ3v) is 2.00. The van der Waals surface area contributed by atoms with E-state index in [2.05, 4.69) is 4.98 Å². The van der Waals surface area contributed by atoms with Crippen LogP contribution in [0.15, 0.2) is 6.20 Å². The van der Waals surface area contributed by atoms with E-state index < -0.39 is 4.92 Å². The molecular weight excluding hydrogens is 194 g/mol. The Morgan fingerprint density at radius 2 is 2.46 bits per heavy atom. The fourth-order valence-corrected chi connectivity index (χ4v) is 1.22. The number of hydrogen-bond donors (Lipinski definition) is 0. The van der Waals surface area contributed by atoms with Gasteiger partial charge in [0.15, 0.2) is 5.82 Å². The molecule has 0 N–H and O–H groups in total. The monoisotopic (exact) mass is 203 g/mol. The summed E-state index contributed by atoms with van der Waals surface area (Å²) in [6, 6.07) is 0. The van der Waals surface area contributed by atoms with E-state index in [9.17, 15) is 10.1 Å². The number of rotatable bonds is 4. The quantitative estimate of drug-likeness (QED) is 0.425. The average molecular weight is 204 g/mol. The van der Waals surface area contributed by atoms with Crippen LogP contribution in [0.4, 0.5) is 5.82 Å². The molecule has 0 saturated heterocycles. The van der Waals surface area contributed by atoms with Gasteiger partial charge in [-0.05, 0) is 11.3 Å². The molecular formula is C7H10ClN3O2. The van der Waals surface area contributed by atoms with E-state index >= 15 is 0 Å². The topological polar surface area (TPSA) is 61.0 Å². The molecule has 1 heterocycles. The second kappa shape index (κ2) is 4.23. The van der Waals surface area contributed by atoms with Gasteiger partial charge >= 0.3 is 5.82 Å². The van der Waals surface area contributed by atoms with Crippen molar-refractivity contribution in [3.8, 4) is 0 Å². The predicted octanol–water partition coefficient (Wildman–Crippen LogP) is 1.73. The predicted molar refractivity (Wildman–Crippen MR) is 49.0 cm³/mol. The molecule has 0 unspecified atom stereocenters. The summed E-state index contributed by atoms with van der Waals surface area (Å²) in [4.78, 5) is 13.9. The number of alkyl halides is 1. The molecule has 13 heavy (non-hydrogen) atoms. The fourth-order valence-electron chi connectivity index (χ4n) is 1.10. The summed E-state index contributed by atoms with van der Waals surface area (Å²) >= 11 is 5.50. The van der Waals surface area contributed by atoms with Crippen molar-refractivity contribution < 1.29 is 4.92 Å². The lowest BCUT2D eigenvalue weighted by Crippen LogP contribution is -2.05.